The summed E-state index contributed by atoms with van der Waals surface area (Å²) >= 11 is 0. The number of halogens is 5. The Morgan fingerprint density at radius 2 is 1.97 bits per heavy atom. The van der Waals surface area contributed by atoms with E-state index in [9.17, 15) is 26.6 Å². The number of anilines is 1. The van der Waals surface area contributed by atoms with E-state index in [1.165, 1.54) is 6.07 Å². The second-order valence-corrected chi connectivity index (χ2v) is 12.5. The van der Waals surface area contributed by atoms with Crippen LogP contribution in [0.4, 0.5) is 27.8 Å². The Kier molecular flexibility index (Phi) is 6.87. The number of aliphatic imine (C=N–C) groups is 1. The molecule has 2 aromatic rings. The van der Waals surface area contributed by atoms with Crippen LogP contribution in [0.3, 0.4) is 0 Å². The third kappa shape index (κ3) is 4.56. The Balaban J connectivity index is 1.57. The first kappa shape index (κ1) is 27.7. The fraction of sp³-hybridized carbons (Fsp3) is 0.478. The van der Waals surface area contributed by atoms with E-state index in [1.54, 1.807) is 20.8 Å². The number of hydrogen-bond acceptors (Lipinski definition) is 8. The van der Waals surface area contributed by atoms with Gasteiger partial charge in [0, 0.05) is 6.54 Å². The summed E-state index contributed by atoms with van der Waals surface area (Å²) in [5.74, 6) is -6.13. The fourth-order valence-electron chi connectivity index (χ4n) is 4.37. The van der Waals surface area contributed by atoms with Gasteiger partial charge in [-0.2, -0.15) is 8.78 Å². The number of nitrogens with one attached hydrogen (secondary N) is 1. The molecule has 0 saturated heterocycles. The third-order valence-corrected chi connectivity index (χ3v) is 10.4. The van der Waals surface area contributed by atoms with Gasteiger partial charge < -0.3 is 15.8 Å². The summed E-state index contributed by atoms with van der Waals surface area (Å²) in [7, 11) is -2.93. The summed E-state index contributed by atoms with van der Waals surface area (Å²) in [5.41, 5.74) is 4.41. The molecule has 0 aliphatic carbocycles. The van der Waals surface area contributed by atoms with Crippen LogP contribution < -0.4 is 15.8 Å². The first-order chi connectivity index (χ1) is 17.6. The molecular formula is C23H25F5N6O3S. The molecule has 3 N–H and O–H groups in total. The van der Waals surface area contributed by atoms with E-state index >= 15 is 4.39 Å². The van der Waals surface area contributed by atoms with Gasteiger partial charge in [0.1, 0.15) is 44.9 Å². The van der Waals surface area contributed by atoms with Crippen LogP contribution in [0, 0.1) is 5.82 Å². The molecule has 0 unspecified atom stereocenters. The highest BCUT2D eigenvalue weighted by atomic mass is 32.2. The van der Waals surface area contributed by atoms with Crippen LogP contribution in [0.1, 0.15) is 43.4 Å². The SMILES string of the molecule is CC1(C)C(N)=N[C@](C)(c2nc(NC(=O)c3ccc(OCC(F)(F)C(F)F)cn3)ccc2F)[C@H]2CCN=[S@]21=O. The summed E-state index contributed by atoms with van der Waals surface area (Å²) in [4.78, 5) is 25.2. The van der Waals surface area contributed by atoms with Crippen molar-refractivity contribution in [3.8, 4) is 5.75 Å². The molecule has 9 nitrogen and oxygen atoms in total. The number of amides is 1. The molecule has 1 amide bonds. The van der Waals surface area contributed by atoms with Gasteiger partial charge in [-0.05, 0) is 51.5 Å². The van der Waals surface area contributed by atoms with Gasteiger partial charge in [-0.1, -0.05) is 0 Å². The molecule has 2 aliphatic rings. The number of pyridine rings is 2. The molecule has 0 fully saturated rings. The van der Waals surface area contributed by atoms with Crippen molar-refractivity contribution >= 4 is 27.3 Å². The van der Waals surface area contributed by atoms with E-state index < -0.39 is 55.9 Å². The summed E-state index contributed by atoms with van der Waals surface area (Å²) in [6.07, 6.45) is -2.59. The van der Waals surface area contributed by atoms with Crippen LogP contribution in [-0.4, -0.2) is 61.4 Å². The summed E-state index contributed by atoms with van der Waals surface area (Å²) in [5, 5.41) is 1.79. The molecule has 38 heavy (non-hydrogen) atoms. The predicted octanol–water partition coefficient (Wildman–Crippen LogP) is 3.75. The lowest BCUT2D eigenvalue weighted by atomic mass is 9.89. The van der Waals surface area contributed by atoms with Crippen LogP contribution in [0.2, 0.25) is 0 Å². The Labute approximate surface area is 215 Å². The number of alkyl halides is 4. The summed E-state index contributed by atoms with van der Waals surface area (Å²) in [6, 6.07) is 4.52. The van der Waals surface area contributed by atoms with Gasteiger partial charge >= 0.3 is 12.3 Å². The van der Waals surface area contributed by atoms with Crippen molar-refractivity contribution in [3.63, 3.8) is 0 Å². The number of rotatable bonds is 7. The van der Waals surface area contributed by atoms with Gasteiger partial charge in [-0.25, -0.2) is 31.7 Å². The van der Waals surface area contributed by atoms with Crippen molar-refractivity contribution in [2.75, 3.05) is 18.5 Å². The van der Waals surface area contributed by atoms with Crippen molar-refractivity contribution in [1.29, 1.82) is 0 Å². The lowest BCUT2D eigenvalue weighted by Crippen LogP contribution is -2.58. The standard InChI is InChI=1S/C23H25F5N6O3S/c1-21(2)20(29)34-22(3,15-8-9-31-38(15,21)36)17-13(24)5-7-16(32-17)33-18(35)14-6-4-12(10-30-14)37-11-23(27,28)19(25)26/h4-7,10,15,19H,8-9,11H2,1-3H3,(H2,29,34)(H,32,33,35)/t15-,22+,38+/m1/s1. The topological polar surface area (TPSA) is 132 Å². The van der Waals surface area contributed by atoms with Crippen LogP contribution in [0.25, 0.3) is 0 Å². The van der Waals surface area contributed by atoms with Crippen LogP contribution in [0.5, 0.6) is 5.75 Å². The molecule has 3 atom stereocenters. The summed E-state index contributed by atoms with van der Waals surface area (Å²) < 4.78 is 87.5. The van der Waals surface area contributed by atoms with E-state index in [4.69, 9.17) is 5.73 Å². The molecule has 0 saturated carbocycles. The summed E-state index contributed by atoms with van der Waals surface area (Å²) in [6.45, 7) is 3.68. The highest BCUT2D eigenvalue weighted by Crippen LogP contribution is 2.47. The molecule has 2 aromatic heterocycles. The number of hydrogen-bond donors (Lipinski definition) is 2. The van der Waals surface area contributed by atoms with E-state index in [1.807, 2.05) is 0 Å². The number of nitrogens with two attached hydrogens (primary N) is 1. The normalized spacial score (nSPS) is 26.3. The molecule has 0 bridgehead atoms. The van der Waals surface area contributed by atoms with Gasteiger partial charge in [0.25, 0.3) is 5.91 Å². The average molecular weight is 561 g/mol. The highest BCUT2D eigenvalue weighted by molar-refractivity contribution is 7.96. The van der Waals surface area contributed by atoms with Crippen molar-refractivity contribution in [1.82, 2.24) is 9.97 Å². The number of ether oxygens (including phenoxy) is 1. The van der Waals surface area contributed by atoms with Crippen molar-refractivity contribution in [2.45, 2.75) is 55.1 Å². The third-order valence-electron chi connectivity index (χ3n) is 6.67. The molecule has 0 spiro atoms. The van der Waals surface area contributed by atoms with E-state index in [-0.39, 0.29) is 28.8 Å². The fourth-order valence-corrected chi connectivity index (χ4v) is 7.51. The molecule has 4 rings (SSSR count). The number of amidine groups is 1. The van der Waals surface area contributed by atoms with E-state index in [0.717, 1.165) is 24.4 Å². The Morgan fingerprint density at radius 1 is 1.26 bits per heavy atom. The molecule has 4 heterocycles. The van der Waals surface area contributed by atoms with Gasteiger partial charge in [0.15, 0.2) is 6.61 Å². The second-order valence-electron chi connectivity index (χ2n) is 9.56. The lowest BCUT2D eigenvalue weighted by molar-refractivity contribution is -0.148. The zero-order valence-corrected chi connectivity index (χ0v) is 21.4. The first-order valence-corrected chi connectivity index (χ1v) is 13.0. The maximum atomic E-state index is 15.1. The first-order valence-electron chi connectivity index (χ1n) is 11.4. The highest BCUT2D eigenvalue weighted by Gasteiger charge is 2.57. The Bertz CT molecular complexity index is 1410. The number of aromatic nitrogens is 2. The lowest BCUT2D eigenvalue weighted by Gasteiger charge is -2.44. The maximum absolute atomic E-state index is 15.1. The van der Waals surface area contributed by atoms with E-state index in [0.29, 0.717) is 13.0 Å². The zero-order chi connectivity index (χ0) is 28.1. The molecule has 0 radical (unpaired) electrons. The van der Waals surface area contributed by atoms with Gasteiger partial charge in [-0.15, -0.1) is 0 Å². The minimum Gasteiger partial charge on any atom is -0.485 e. The predicted molar refractivity (Wildman–Crippen MR) is 130 cm³/mol. The van der Waals surface area contributed by atoms with Gasteiger partial charge in [0.2, 0.25) is 0 Å². The second kappa shape index (κ2) is 9.43. The maximum Gasteiger partial charge on any atom is 0.340 e. The molecule has 2 aliphatic heterocycles. The van der Waals surface area contributed by atoms with Crippen molar-refractivity contribution in [2.24, 2.45) is 15.1 Å². The smallest absolute Gasteiger partial charge is 0.340 e. The van der Waals surface area contributed by atoms with E-state index in [2.05, 4.69) is 29.4 Å². The van der Waals surface area contributed by atoms with Gasteiger partial charge in [0.05, 0.1) is 21.2 Å². The number of carbonyl (C=O) groups is 1. The van der Waals surface area contributed by atoms with Gasteiger partial charge in [-0.3, -0.25) is 9.79 Å². The molecule has 206 valence electrons. The molecule has 0 aromatic carbocycles. The molecular weight excluding hydrogens is 535 g/mol. The van der Waals surface area contributed by atoms with Crippen LogP contribution in [0.15, 0.2) is 39.8 Å². The van der Waals surface area contributed by atoms with Crippen molar-refractivity contribution in [3.05, 3.63) is 47.7 Å². The zero-order valence-electron chi connectivity index (χ0n) is 20.6. The monoisotopic (exact) mass is 560 g/mol. The Hall–Kier alpha value is -3.36. The minimum absolute atomic E-state index is 0.0559. The Morgan fingerprint density at radius 3 is 2.61 bits per heavy atom. The van der Waals surface area contributed by atoms with Crippen molar-refractivity contribution < 1.29 is 35.7 Å². The minimum atomic E-state index is -4.35. The number of carbonyl (C=O) groups excluding carboxylic acids is 1. The van der Waals surface area contributed by atoms with Crippen LogP contribution in [-0.2, 0) is 15.3 Å². The number of nitrogens with zero attached hydrogens (tertiary/aromatic N) is 4. The molecule has 15 heteroatoms. The van der Waals surface area contributed by atoms with Crippen LogP contribution >= 0.6 is 0 Å². The average Bonchev–Trinajstić information content (AvgIpc) is 3.28. The number of fused-ring (bicyclic) bond motifs is 1. The largest absolute Gasteiger partial charge is 0.485 e. The quantitative estimate of drug-likeness (QED) is 0.496.